The van der Waals surface area contributed by atoms with Crippen LogP contribution in [0.3, 0.4) is 0 Å². The molecule has 2 aromatic carbocycles. The Bertz CT molecular complexity index is 601. The largest absolute Gasteiger partial charge is 0.387 e. The van der Waals surface area contributed by atoms with Crippen LogP contribution in [-0.4, -0.2) is 11.7 Å². The minimum Gasteiger partial charge on any atom is -0.387 e. The molecule has 0 heterocycles. The Balaban J connectivity index is 1.99. The molecule has 0 aliphatic carbocycles. The summed E-state index contributed by atoms with van der Waals surface area (Å²) in [4.78, 5) is 0. The van der Waals surface area contributed by atoms with Gasteiger partial charge in [0.1, 0.15) is 5.82 Å². The number of benzene rings is 2. The molecule has 0 saturated carbocycles. The van der Waals surface area contributed by atoms with Gasteiger partial charge in [-0.15, -0.1) is 0 Å². The molecule has 2 aromatic rings. The third-order valence-corrected chi connectivity index (χ3v) is 3.32. The lowest BCUT2D eigenvalue weighted by Crippen LogP contribution is -2.25. The fourth-order valence-electron chi connectivity index (χ4n) is 2.06. The molecule has 0 spiro atoms. The first-order valence-electron chi connectivity index (χ1n) is 6.60. The van der Waals surface area contributed by atoms with Gasteiger partial charge >= 0.3 is 0 Å². The molecule has 2 unspecified atom stereocenters. The smallest absolute Gasteiger partial charge is 0.163 e. The van der Waals surface area contributed by atoms with Gasteiger partial charge in [-0.3, -0.25) is 0 Å². The fraction of sp³-hybridized carbons (Fsp3) is 0.250. The number of hydrogen-bond acceptors (Lipinski definition) is 2. The Labute approximate surface area is 121 Å². The molecule has 0 amide bonds. The average molecular weight is 295 g/mol. The van der Waals surface area contributed by atoms with E-state index in [1.807, 2.05) is 0 Å². The van der Waals surface area contributed by atoms with Crippen molar-refractivity contribution in [2.24, 2.45) is 0 Å². The van der Waals surface area contributed by atoms with Crippen LogP contribution in [0.15, 0.2) is 42.5 Å². The third kappa shape index (κ3) is 3.83. The molecule has 21 heavy (non-hydrogen) atoms. The van der Waals surface area contributed by atoms with E-state index in [0.717, 1.165) is 6.07 Å². The molecule has 0 aliphatic heterocycles. The second-order valence-corrected chi connectivity index (χ2v) is 4.84. The van der Waals surface area contributed by atoms with Gasteiger partial charge in [0.25, 0.3) is 0 Å². The van der Waals surface area contributed by atoms with Crippen molar-refractivity contribution in [3.63, 3.8) is 0 Å². The lowest BCUT2D eigenvalue weighted by molar-refractivity contribution is 0.170. The molecule has 2 atom stereocenters. The quantitative estimate of drug-likeness (QED) is 0.885. The molecule has 0 fully saturated rings. The standard InChI is InChI=1S/C16H16F3NO/c1-10(13-3-2-4-14(18)16(13)19)20-9-15(21)11-5-7-12(17)8-6-11/h2-8,10,15,20-21H,9H2,1H3. The first-order valence-corrected chi connectivity index (χ1v) is 6.60. The summed E-state index contributed by atoms with van der Waals surface area (Å²) in [7, 11) is 0. The second-order valence-electron chi connectivity index (χ2n) is 4.84. The van der Waals surface area contributed by atoms with Crippen molar-refractivity contribution in [1.82, 2.24) is 5.32 Å². The number of aliphatic hydroxyl groups excluding tert-OH is 1. The summed E-state index contributed by atoms with van der Waals surface area (Å²) in [6.07, 6.45) is -0.857. The maximum atomic E-state index is 13.6. The lowest BCUT2D eigenvalue weighted by Gasteiger charge is -2.18. The van der Waals surface area contributed by atoms with Crippen molar-refractivity contribution >= 4 is 0 Å². The van der Waals surface area contributed by atoms with Crippen LogP contribution >= 0.6 is 0 Å². The molecule has 0 saturated heterocycles. The van der Waals surface area contributed by atoms with Crippen molar-refractivity contribution in [1.29, 1.82) is 0 Å². The summed E-state index contributed by atoms with van der Waals surface area (Å²) in [6.45, 7) is 1.82. The van der Waals surface area contributed by atoms with Gasteiger partial charge in [0.05, 0.1) is 6.10 Å². The lowest BCUT2D eigenvalue weighted by atomic mass is 10.1. The van der Waals surface area contributed by atoms with E-state index in [-0.39, 0.29) is 17.9 Å². The molecule has 2 N–H and O–H groups in total. The highest BCUT2D eigenvalue weighted by Gasteiger charge is 2.15. The summed E-state index contributed by atoms with van der Waals surface area (Å²) in [6, 6.07) is 8.99. The third-order valence-electron chi connectivity index (χ3n) is 3.32. The van der Waals surface area contributed by atoms with Gasteiger partial charge in [0.15, 0.2) is 11.6 Å². The number of nitrogens with one attached hydrogen (secondary N) is 1. The van der Waals surface area contributed by atoms with Crippen LogP contribution in [0.4, 0.5) is 13.2 Å². The Hall–Kier alpha value is -1.85. The van der Waals surface area contributed by atoms with Gasteiger partial charge in [0.2, 0.25) is 0 Å². The summed E-state index contributed by atoms with van der Waals surface area (Å²) in [5, 5.41) is 12.9. The highest BCUT2D eigenvalue weighted by molar-refractivity contribution is 5.22. The van der Waals surface area contributed by atoms with Gasteiger partial charge in [-0.2, -0.15) is 0 Å². The van der Waals surface area contributed by atoms with Gasteiger partial charge < -0.3 is 10.4 Å². The van der Waals surface area contributed by atoms with Crippen molar-refractivity contribution in [3.8, 4) is 0 Å². The van der Waals surface area contributed by atoms with Crippen LogP contribution in [0.2, 0.25) is 0 Å². The molecule has 0 bridgehead atoms. The zero-order valence-electron chi connectivity index (χ0n) is 11.5. The van der Waals surface area contributed by atoms with Crippen LogP contribution in [-0.2, 0) is 0 Å². The van der Waals surface area contributed by atoms with Gasteiger partial charge in [-0.05, 0) is 30.7 Å². The first kappa shape index (κ1) is 15.5. The summed E-state index contributed by atoms with van der Waals surface area (Å²) in [5.41, 5.74) is 0.747. The van der Waals surface area contributed by atoms with Gasteiger partial charge in [0, 0.05) is 18.2 Å². The first-order chi connectivity index (χ1) is 9.99. The molecular formula is C16H16F3NO. The van der Waals surface area contributed by atoms with E-state index < -0.39 is 23.8 Å². The van der Waals surface area contributed by atoms with E-state index in [1.54, 1.807) is 6.92 Å². The maximum absolute atomic E-state index is 13.6. The number of hydrogen-bond donors (Lipinski definition) is 2. The highest BCUT2D eigenvalue weighted by atomic mass is 19.2. The molecule has 0 aromatic heterocycles. The van der Waals surface area contributed by atoms with Crippen LogP contribution in [0.1, 0.15) is 30.2 Å². The minimum absolute atomic E-state index is 0.142. The van der Waals surface area contributed by atoms with Crippen LogP contribution in [0.25, 0.3) is 0 Å². The molecule has 0 radical (unpaired) electrons. The van der Waals surface area contributed by atoms with Crippen molar-refractivity contribution < 1.29 is 18.3 Å². The zero-order valence-corrected chi connectivity index (χ0v) is 11.5. The van der Waals surface area contributed by atoms with Crippen molar-refractivity contribution in [2.75, 3.05) is 6.54 Å². The normalized spacial score (nSPS) is 14.0. The Kier molecular flexibility index (Phi) is 4.98. The SMILES string of the molecule is CC(NCC(O)c1ccc(F)cc1)c1cccc(F)c1F. The van der Waals surface area contributed by atoms with Gasteiger partial charge in [-0.1, -0.05) is 24.3 Å². The van der Waals surface area contributed by atoms with Crippen LogP contribution in [0.5, 0.6) is 0 Å². The van der Waals surface area contributed by atoms with E-state index in [9.17, 15) is 18.3 Å². The Morgan fingerprint density at radius 3 is 2.38 bits per heavy atom. The summed E-state index contributed by atoms with van der Waals surface area (Å²) >= 11 is 0. The molecule has 112 valence electrons. The minimum atomic E-state index is -0.903. The molecule has 0 aliphatic rings. The van der Waals surface area contributed by atoms with E-state index in [2.05, 4.69) is 5.32 Å². The Morgan fingerprint density at radius 2 is 1.71 bits per heavy atom. The predicted molar refractivity (Wildman–Crippen MR) is 74.1 cm³/mol. The predicted octanol–water partition coefficient (Wildman–Crippen LogP) is 3.49. The van der Waals surface area contributed by atoms with Crippen LogP contribution in [0, 0.1) is 17.5 Å². The second kappa shape index (κ2) is 6.74. The monoisotopic (exact) mass is 295 g/mol. The van der Waals surface area contributed by atoms with E-state index in [4.69, 9.17) is 0 Å². The average Bonchev–Trinajstić information content (AvgIpc) is 2.48. The van der Waals surface area contributed by atoms with E-state index in [0.29, 0.717) is 5.56 Å². The molecular weight excluding hydrogens is 279 g/mol. The molecule has 2 rings (SSSR count). The maximum Gasteiger partial charge on any atom is 0.163 e. The zero-order chi connectivity index (χ0) is 15.4. The van der Waals surface area contributed by atoms with Crippen molar-refractivity contribution in [2.45, 2.75) is 19.1 Å². The van der Waals surface area contributed by atoms with Crippen molar-refractivity contribution in [3.05, 3.63) is 71.0 Å². The molecule has 2 nitrogen and oxygen atoms in total. The number of rotatable bonds is 5. The van der Waals surface area contributed by atoms with Gasteiger partial charge in [-0.25, -0.2) is 13.2 Å². The fourth-order valence-corrected chi connectivity index (χ4v) is 2.06. The number of aliphatic hydroxyl groups is 1. The highest BCUT2D eigenvalue weighted by Crippen LogP contribution is 2.20. The van der Waals surface area contributed by atoms with Crippen LogP contribution < -0.4 is 5.32 Å². The van der Waals surface area contributed by atoms with E-state index in [1.165, 1.54) is 36.4 Å². The topological polar surface area (TPSA) is 32.3 Å². The summed E-state index contributed by atoms with van der Waals surface area (Å²) in [5.74, 6) is -2.18. The molecule has 5 heteroatoms. The number of halogens is 3. The van der Waals surface area contributed by atoms with E-state index >= 15 is 0 Å². The Morgan fingerprint density at radius 1 is 1.05 bits per heavy atom. The summed E-state index contributed by atoms with van der Waals surface area (Å²) < 4.78 is 39.6.